The number of hydrogen-bond acceptors (Lipinski definition) is 2. The fourth-order valence-corrected chi connectivity index (χ4v) is 1.97. The van der Waals surface area contributed by atoms with Crippen LogP contribution in [0.15, 0.2) is 42.5 Å². The molecule has 0 aromatic heterocycles. The predicted octanol–water partition coefficient (Wildman–Crippen LogP) is 3.12. The summed E-state index contributed by atoms with van der Waals surface area (Å²) in [4.78, 5) is 0. The molecule has 4 heteroatoms. The SMILES string of the molecule is CC(O)(Cc1ccc(F)c(F)c1)c1ccc(O)cc1. The lowest BCUT2D eigenvalue weighted by Gasteiger charge is -2.24. The number of hydrogen-bond donors (Lipinski definition) is 2. The van der Waals surface area contributed by atoms with Crippen LogP contribution in [0.25, 0.3) is 0 Å². The van der Waals surface area contributed by atoms with Gasteiger partial charge in [0.15, 0.2) is 11.6 Å². The number of benzene rings is 2. The van der Waals surface area contributed by atoms with Crippen molar-refractivity contribution in [3.63, 3.8) is 0 Å². The summed E-state index contributed by atoms with van der Waals surface area (Å²) in [6, 6.07) is 9.67. The van der Waals surface area contributed by atoms with E-state index in [4.69, 9.17) is 0 Å². The predicted molar refractivity (Wildman–Crippen MR) is 67.7 cm³/mol. The Bertz CT molecular complexity index is 577. The van der Waals surface area contributed by atoms with Crippen molar-refractivity contribution in [1.82, 2.24) is 0 Å². The first-order valence-electron chi connectivity index (χ1n) is 5.84. The lowest BCUT2D eigenvalue weighted by Crippen LogP contribution is -2.24. The smallest absolute Gasteiger partial charge is 0.159 e. The number of halogens is 2. The molecule has 0 aliphatic rings. The molecule has 0 saturated heterocycles. The molecule has 0 radical (unpaired) electrons. The third-order valence-corrected chi connectivity index (χ3v) is 3.02. The van der Waals surface area contributed by atoms with Crippen LogP contribution in [-0.4, -0.2) is 10.2 Å². The lowest BCUT2D eigenvalue weighted by molar-refractivity contribution is 0.0575. The van der Waals surface area contributed by atoms with Gasteiger partial charge in [-0.05, 0) is 42.3 Å². The molecule has 100 valence electrons. The maximum Gasteiger partial charge on any atom is 0.159 e. The Morgan fingerprint density at radius 2 is 1.63 bits per heavy atom. The highest BCUT2D eigenvalue weighted by Crippen LogP contribution is 2.27. The summed E-state index contributed by atoms with van der Waals surface area (Å²) in [6.07, 6.45) is 0.148. The van der Waals surface area contributed by atoms with Crippen LogP contribution < -0.4 is 0 Å². The summed E-state index contributed by atoms with van der Waals surface area (Å²) in [5.74, 6) is -1.74. The second kappa shape index (κ2) is 4.97. The van der Waals surface area contributed by atoms with Crippen molar-refractivity contribution in [3.8, 4) is 5.75 Å². The average molecular weight is 264 g/mol. The standard InChI is InChI=1S/C15H14F2O2/c1-15(19,11-3-5-12(18)6-4-11)9-10-2-7-13(16)14(17)8-10/h2-8,18-19H,9H2,1H3. The van der Waals surface area contributed by atoms with Gasteiger partial charge in [-0.3, -0.25) is 0 Å². The minimum Gasteiger partial charge on any atom is -0.508 e. The zero-order chi connectivity index (χ0) is 14.0. The number of phenols is 1. The van der Waals surface area contributed by atoms with Crippen LogP contribution in [0.3, 0.4) is 0 Å². The van der Waals surface area contributed by atoms with E-state index in [0.29, 0.717) is 11.1 Å². The number of aromatic hydroxyl groups is 1. The summed E-state index contributed by atoms with van der Waals surface area (Å²) in [6.45, 7) is 1.58. The third kappa shape index (κ3) is 3.09. The molecule has 0 spiro atoms. The Hall–Kier alpha value is -1.94. The van der Waals surface area contributed by atoms with E-state index in [1.165, 1.54) is 18.2 Å². The normalized spacial score (nSPS) is 14.1. The largest absolute Gasteiger partial charge is 0.508 e. The van der Waals surface area contributed by atoms with Crippen LogP contribution in [-0.2, 0) is 12.0 Å². The first-order chi connectivity index (χ1) is 8.88. The van der Waals surface area contributed by atoms with Crippen molar-refractivity contribution in [2.45, 2.75) is 18.9 Å². The molecular formula is C15H14F2O2. The van der Waals surface area contributed by atoms with Crippen molar-refractivity contribution in [2.75, 3.05) is 0 Å². The summed E-state index contributed by atoms with van der Waals surface area (Å²) in [5.41, 5.74) is -0.134. The minimum atomic E-state index is -1.22. The maximum atomic E-state index is 13.1. The van der Waals surface area contributed by atoms with Crippen molar-refractivity contribution >= 4 is 0 Å². The number of aliphatic hydroxyl groups is 1. The first-order valence-corrected chi connectivity index (χ1v) is 5.84. The van der Waals surface area contributed by atoms with E-state index in [9.17, 15) is 19.0 Å². The zero-order valence-electron chi connectivity index (χ0n) is 10.4. The molecule has 2 aromatic carbocycles. The van der Waals surface area contributed by atoms with Gasteiger partial charge in [-0.1, -0.05) is 18.2 Å². The highest BCUT2D eigenvalue weighted by Gasteiger charge is 2.24. The molecule has 0 bridgehead atoms. The van der Waals surface area contributed by atoms with Crippen molar-refractivity contribution < 1.29 is 19.0 Å². The second-order valence-corrected chi connectivity index (χ2v) is 4.75. The quantitative estimate of drug-likeness (QED) is 0.894. The molecule has 0 amide bonds. The first kappa shape index (κ1) is 13.5. The van der Waals surface area contributed by atoms with Crippen LogP contribution >= 0.6 is 0 Å². The third-order valence-electron chi connectivity index (χ3n) is 3.02. The lowest BCUT2D eigenvalue weighted by atomic mass is 9.89. The highest BCUT2D eigenvalue weighted by molar-refractivity contribution is 5.31. The molecule has 2 rings (SSSR count). The van der Waals surface area contributed by atoms with Crippen molar-refractivity contribution in [3.05, 3.63) is 65.2 Å². The van der Waals surface area contributed by atoms with Crippen LogP contribution in [0, 0.1) is 11.6 Å². The minimum absolute atomic E-state index is 0.104. The van der Waals surface area contributed by atoms with E-state index in [0.717, 1.165) is 12.1 Å². The van der Waals surface area contributed by atoms with Crippen LogP contribution in [0.2, 0.25) is 0 Å². The summed E-state index contributed by atoms with van der Waals surface area (Å²) in [7, 11) is 0. The molecular weight excluding hydrogens is 250 g/mol. The second-order valence-electron chi connectivity index (χ2n) is 4.75. The monoisotopic (exact) mass is 264 g/mol. The van der Waals surface area contributed by atoms with Crippen LogP contribution in [0.4, 0.5) is 8.78 Å². The molecule has 0 saturated carbocycles. The molecule has 1 atom stereocenters. The molecule has 2 nitrogen and oxygen atoms in total. The van der Waals surface area contributed by atoms with Gasteiger partial charge in [0.05, 0.1) is 5.60 Å². The van der Waals surface area contributed by atoms with Crippen LogP contribution in [0.1, 0.15) is 18.1 Å². The maximum absolute atomic E-state index is 13.1. The van der Waals surface area contributed by atoms with E-state index in [-0.39, 0.29) is 12.2 Å². The van der Waals surface area contributed by atoms with E-state index in [2.05, 4.69) is 0 Å². The fourth-order valence-electron chi connectivity index (χ4n) is 1.97. The average Bonchev–Trinajstić information content (AvgIpc) is 2.34. The number of phenolic OH excluding ortho intramolecular Hbond substituents is 1. The Morgan fingerprint density at radius 3 is 2.21 bits per heavy atom. The van der Waals surface area contributed by atoms with E-state index >= 15 is 0 Å². The van der Waals surface area contributed by atoms with Crippen molar-refractivity contribution in [2.24, 2.45) is 0 Å². The molecule has 0 heterocycles. The van der Waals surface area contributed by atoms with E-state index in [1.807, 2.05) is 0 Å². The highest BCUT2D eigenvalue weighted by atomic mass is 19.2. The van der Waals surface area contributed by atoms with Gasteiger partial charge in [-0.2, -0.15) is 0 Å². The summed E-state index contributed by atoms with van der Waals surface area (Å²) in [5, 5.41) is 19.6. The van der Waals surface area contributed by atoms with Gasteiger partial charge >= 0.3 is 0 Å². The zero-order valence-corrected chi connectivity index (χ0v) is 10.4. The summed E-state index contributed by atoms with van der Waals surface area (Å²) < 4.78 is 26.0. The van der Waals surface area contributed by atoms with Crippen LogP contribution in [0.5, 0.6) is 5.75 Å². The molecule has 1 unspecified atom stereocenters. The summed E-state index contributed by atoms with van der Waals surface area (Å²) >= 11 is 0. The number of rotatable bonds is 3. The topological polar surface area (TPSA) is 40.5 Å². The molecule has 0 aliphatic carbocycles. The van der Waals surface area contributed by atoms with Gasteiger partial charge in [0.25, 0.3) is 0 Å². The van der Waals surface area contributed by atoms with Gasteiger partial charge in [0.1, 0.15) is 5.75 Å². The van der Waals surface area contributed by atoms with E-state index < -0.39 is 17.2 Å². The Kier molecular flexibility index (Phi) is 3.53. The van der Waals surface area contributed by atoms with E-state index in [1.54, 1.807) is 19.1 Å². The van der Waals surface area contributed by atoms with Gasteiger partial charge in [-0.25, -0.2) is 8.78 Å². The molecule has 0 fully saturated rings. The fraction of sp³-hybridized carbons (Fsp3) is 0.200. The van der Waals surface area contributed by atoms with Gasteiger partial charge in [-0.15, -0.1) is 0 Å². The Morgan fingerprint density at radius 1 is 1.00 bits per heavy atom. The Balaban J connectivity index is 2.25. The van der Waals surface area contributed by atoms with Gasteiger partial charge in [0.2, 0.25) is 0 Å². The van der Waals surface area contributed by atoms with Gasteiger partial charge < -0.3 is 10.2 Å². The molecule has 2 aromatic rings. The molecule has 0 aliphatic heterocycles. The van der Waals surface area contributed by atoms with Crippen molar-refractivity contribution in [1.29, 1.82) is 0 Å². The Labute approximate surface area is 110 Å². The molecule has 2 N–H and O–H groups in total. The molecule has 19 heavy (non-hydrogen) atoms. The van der Waals surface area contributed by atoms with Gasteiger partial charge in [0, 0.05) is 6.42 Å².